The van der Waals surface area contributed by atoms with Crippen LogP contribution in [0, 0.1) is 0 Å². The molecule has 2 aliphatic heterocycles. The molecule has 2 saturated heterocycles. The lowest BCUT2D eigenvalue weighted by Gasteiger charge is -1.84. The van der Waals surface area contributed by atoms with E-state index in [-0.39, 0.29) is 0 Å². The summed E-state index contributed by atoms with van der Waals surface area (Å²) < 4.78 is 10.4. The summed E-state index contributed by atoms with van der Waals surface area (Å²) >= 11 is 0. The van der Waals surface area contributed by atoms with Crippen LogP contribution in [-0.2, 0) is 9.47 Å². The average molecular weight is 128 g/mol. The normalized spacial score (nSPS) is 47.0. The van der Waals surface area contributed by atoms with Crippen molar-refractivity contribution in [3.05, 3.63) is 0 Å². The summed E-state index contributed by atoms with van der Waals surface area (Å²) in [5.74, 6) is 0. The maximum atomic E-state index is 5.34. The Balaban J connectivity index is 1.65. The minimum absolute atomic E-state index is 0.544. The first-order valence-corrected chi connectivity index (χ1v) is 3.67. The Morgan fingerprint density at radius 3 is 2.67 bits per heavy atom. The van der Waals surface area contributed by atoms with Crippen molar-refractivity contribution in [3.63, 3.8) is 0 Å². The van der Waals surface area contributed by atoms with Crippen molar-refractivity contribution in [3.8, 4) is 0 Å². The van der Waals surface area contributed by atoms with Crippen LogP contribution in [0.5, 0.6) is 0 Å². The highest BCUT2D eigenvalue weighted by molar-refractivity contribution is 4.88. The Morgan fingerprint density at radius 1 is 1.44 bits per heavy atom. The number of hydrogen-bond acceptors (Lipinski definition) is 2. The van der Waals surface area contributed by atoms with E-state index < -0.39 is 0 Å². The molecule has 2 heterocycles. The molecule has 2 fully saturated rings. The first-order chi connectivity index (χ1) is 4.40. The van der Waals surface area contributed by atoms with Crippen LogP contribution in [0.2, 0.25) is 0 Å². The highest BCUT2D eigenvalue weighted by atomic mass is 16.6. The van der Waals surface area contributed by atoms with Gasteiger partial charge >= 0.3 is 0 Å². The Labute approximate surface area is 55.1 Å². The van der Waals surface area contributed by atoms with Crippen LogP contribution in [-0.4, -0.2) is 24.9 Å². The van der Waals surface area contributed by atoms with Crippen LogP contribution in [0.1, 0.15) is 19.8 Å². The highest BCUT2D eigenvalue weighted by Crippen LogP contribution is 2.32. The third-order valence-corrected chi connectivity index (χ3v) is 1.99. The molecule has 0 bridgehead atoms. The van der Waals surface area contributed by atoms with Crippen LogP contribution in [0.4, 0.5) is 0 Å². The molecule has 2 rings (SSSR count). The van der Waals surface area contributed by atoms with Crippen molar-refractivity contribution in [2.45, 2.75) is 38.1 Å². The minimum Gasteiger partial charge on any atom is -0.373 e. The van der Waals surface area contributed by atoms with Crippen molar-refractivity contribution in [1.82, 2.24) is 0 Å². The van der Waals surface area contributed by atoms with Gasteiger partial charge in [0.25, 0.3) is 0 Å². The van der Waals surface area contributed by atoms with E-state index in [1.807, 2.05) is 0 Å². The van der Waals surface area contributed by atoms with Crippen molar-refractivity contribution in [2.75, 3.05) is 6.61 Å². The molecule has 2 aliphatic rings. The van der Waals surface area contributed by atoms with Gasteiger partial charge < -0.3 is 9.47 Å². The molecule has 0 N–H and O–H groups in total. The summed E-state index contributed by atoms with van der Waals surface area (Å²) in [6, 6.07) is 0. The van der Waals surface area contributed by atoms with Gasteiger partial charge in [-0.15, -0.1) is 0 Å². The first-order valence-electron chi connectivity index (χ1n) is 3.67. The lowest BCUT2D eigenvalue weighted by Crippen LogP contribution is -1.96. The molecule has 52 valence electrons. The molecule has 0 amide bonds. The van der Waals surface area contributed by atoms with E-state index in [1.54, 1.807) is 0 Å². The molecule has 0 aromatic heterocycles. The topological polar surface area (TPSA) is 25.1 Å². The lowest BCUT2D eigenvalue weighted by molar-refractivity contribution is 0.330. The summed E-state index contributed by atoms with van der Waals surface area (Å²) in [6.45, 7) is 3.13. The third-order valence-electron chi connectivity index (χ3n) is 1.99. The zero-order valence-electron chi connectivity index (χ0n) is 5.67. The molecule has 0 radical (unpaired) electrons. The molecule has 0 saturated carbocycles. The Kier molecular flexibility index (Phi) is 1.24. The molecule has 3 unspecified atom stereocenters. The van der Waals surface area contributed by atoms with Crippen LogP contribution in [0.25, 0.3) is 0 Å². The van der Waals surface area contributed by atoms with Gasteiger partial charge in [-0.2, -0.15) is 0 Å². The predicted molar refractivity (Wildman–Crippen MR) is 33.3 cm³/mol. The summed E-state index contributed by atoms with van der Waals surface area (Å²) in [7, 11) is 0. The standard InChI is InChI=1S/C7H12O2/c1-2-6-7(9-6)3-5-4-8-5/h5-7H,2-4H2,1H3. The number of epoxide rings is 2. The maximum absolute atomic E-state index is 5.34. The van der Waals surface area contributed by atoms with Crippen LogP contribution < -0.4 is 0 Å². The van der Waals surface area contributed by atoms with Crippen molar-refractivity contribution < 1.29 is 9.47 Å². The first kappa shape index (κ1) is 5.69. The quantitative estimate of drug-likeness (QED) is 0.529. The molecule has 0 spiro atoms. The summed E-state index contributed by atoms with van der Waals surface area (Å²) in [6.07, 6.45) is 3.96. The number of hydrogen-bond donors (Lipinski definition) is 0. The molecule has 0 aromatic rings. The second-order valence-electron chi connectivity index (χ2n) is 2.81. The van der Waals surface area contributed by atoms with Crippen molar-refractivity contribution in [1.29, 1.82) is 0 Å². The highest BCUT2D eigenvalue weighted by Gasteiger charge is 2.41. The Bertz CT molecular complexity index is 109. The third kappa shape index (κ3) is 1.25. The van der Waals surface area contributed by atoms with Crippen molar-refractivity contribution >= 4 is 0 Å². The molecule has 9 heavy (non-hydrogen) atoms. The molecule has 3 atom stereocenters. The van der Waals surface area contributed by atoms with E-state index in [0.717, 1.165) is 19.4 Å². The van der Waals surface area contributed by atoms with Gasteiger partial charge in [0.05, 0.1) is 24.9 Å². The van der Waals surface area contributed by atoms with Gasteiger partial charge in [0.1, 0.15) is 0 Å². The zero-order valence-corrected chi connectivity index (χ0v) is 5.67. The monoisotopic (exact) mass is 128 g/mol. The van der Waals surface area contributed by atoms with Gasteiger partial charge in [0.2, 0.25) is 0 Å². The van der Waals surface area contributed by atoms with Gasteiger partial charge in [0.15, 0.2) is 0 Å². The van der Waals surface area contributed by atoms with Crippen LogP contribution in [0.3, 0.4) is 0 Å². The van der Waals surface area contributed by atoms with E-state index in [9.17, 15) is 0 Å². The van der Waals surface area contributed by atoms with Crippen LogP contribution >= 0.6 is 0 Å². The second kappa shape index (κ2) is 1.96. The smallest absolute Gasteiger partial charge is 0.0867 e. The second-order valence-corrected chi connectivity index (χ2v) is 2.81. The molecule has 2 heteroatoms. The van der Waals surface area contributed by atoms with Gasteiger partial charge in [-0.3, -0.25) is 0 Å². The fraction of sp³-hybridized carbons (Fsp3) is 1.00. The van der Waals surface area contributed by atoms with E-state index in [1.165, 1.54) is 0 Å². The molecule has 2 nitrogen and oxygen atoms in total. The number of ether oxygens (including phenoxy) is 2. The largest absolute Gasteiger partial charge is 0.373 e. The van der Waals surface area contributed by atoms with E-state index in [0.29, 0.717) is 18.3 Å². The van der Waals surface area contributed by atoms with Gasteiger partial charge in [-0.1, -0.05) is 6.92 Å². The summed E-state index contributed by atoms with van der Waals surface area (Å²) in [4.78, 5) is 0. The average Bonchev–Trinajstić information content (AvgIpc) is 2.66. The van der Waals surface area contributed by atoms with Gasteiger partial charge in [-0.25, -0.2) is 0 Å². The molecular weight excluding hydrogens is 116 g/mol. The van der Waals surface area contributed by atoms with Gasteiger partial charge in [0, 0.05) is 6.42 Å². The maximum Gasteiger partial charge on any atom is 0.0867 e. The summed E-state index contributed by atoms with van der Waals surface area (Å²) in [5.41, 5.74) is 0. The van der Waals surface area contributed by atoms with Crippen molar-refractivity contribution in [2.24, 2.45) is 0 Å². The SMILES string of the molecule is CCC1OC1CC1CO1. The van der Waals surface area contributed by atoms with Gasteiger partial charge in [-0.05, 0) is 6.42 Å². The van der Waals surface area contributed by atoms with E-state index >= 15 is 0 Å². The lowest BCUT2D eigenvalue weighted by atomic mass is 10.2. The fourth-order valence-electron chi connectivity index (χ4n) is 1.21. The predicted octanol–water partition coefficient (Wildman–Crippen LogP) is 0.953. The molecule has 0 aliphatic carbocycles. The van der Waals surface area contributed by atoms with Crippen LogP contribution in [0.15, 0.2) is 0 Å². The summed E-state index contributed by atoms with van der Waals surface area (Å²) in [5, 5.41) is 0. The molecule has 0 aromatic carbocycles. The Hall–Kier alpha value is -0.0800. The Morgan fingerprint density at radius 2 is 2.22 bits per heavy atom. The van der Waals surface area contributed by atoms with E-state index in [4.69, 9.17) is 9.47 Å². The number of rotatable bonds is 3. The fourth-order valence-corrected chi connectivity index (χ4v) is 1.21. The minimum atomic E-state index is 0.544. The molecular formula is C7H12O2. The van der Waals surface area contributed by atoms with E-state index in [2.05, 4.69) is 6.92 Å². The zero-order chi connectivity index (χ0) is 6.27.